The quantitative estimate of drug-likeness (QED) is 0.676. The highest BCUT2D eigenvalue weighted by Crippen LogP contribution is 2.28. The highest BCUT2D eigenvalue weighted by Gasteiger charge is 2.11. The predicted molar refractivity (Wildman–Crippen MR) is 106 cm³/mol. The first-order valence-corrected chi connectivity index (χ1v) is 8.61. The molecule has 1 N–H and O–H groups in total. The first-order valence-electron chi connectivity index (χ1n) is 8.61. The largest absolute Gasteiger partial charge is 1.00 e. The van der Waals surface area contributed by atoms with Crippen LogP contribution in [0.2, 0.25) is 0 Å². The number of rotatable bonds is 5. The Kier molecular flexibility index (Phi) is 6.64. The number of nitrogens with zero attached hydrogens (tertiary/aromatic N) is 2. The zero-order valence-corrected chi connectivity index (χ0v) is 16.7. The van der Waals surface area contributed by atoms with Gasteiger partial charge in [-0.3, -0.25) is 4.98 Å². The summed E-state index contributed by atoms with van der Waals surface area (Å²) in [6.07, 6.45) is 0. The molecule has 1 heterocycles. The van der Waals surface area contributed by atoms with E-state index in [-0.39, 0.29) is 18.4 Å². The number of hydrogen-bond donors (Lipinski definition) is 1. The van der Waals surface area contributed by atoms with Crippen molar-refractivity contribution in [2.75, 3.05) is 30.9 Å². The topological polar surface area (TPSA) is 54.5 Å². The first-order chi connectivity index (χ1) is 12.5. The van der Waals surface area contributed by atoms with Crippen LogP contribution in [0.4, 0.5) is 17.1 Å². The lowest BCUT2D eigenvalue weighted by Crippen LogP contribution is -3.00. The second kappa shape index (κ2) is 8.73. The minimum Gasteiger partial charge on any atom is -1.00 e. The van der Waals surface area contributed by atoms with Crippen molar-refractivity contribution in [3.8, 4) is 0 Å². The van der Waals surface area contributed by atoms with E-state index in [4.69, 9.17) is 4.74 Å². The van der Waals surface area contributed by atoms with E-state index in [0.29, 0.717) is 12.2 Å². The second-order valence-corrected chi connectivity index (χ2v) is 6.33. The molecule has 6 heteroatoms. The summed E-state index contributed by atoms with van der Waals surface area (Å²) >= 11 is 0. The van der Waals surface area contributed by atoms with E-state index in [1.54, 1.807) is 13.0 Å². The lowest BCUT2D eigenvalue weighted by Gasteiger charge is -2.15. The summed E-state index contributed by atoms with van der Waals surface area (Å²) in [5.41, 5.74) is 5.30. The summed E-state index contributed by atoms with van der Waals surface area (Å²) in [5.74, 6) is -0.323. The number of fused-ring (bicyclic) bond motifs is 1. The Morgan fingerprint density at radius 2 is 1.81 bits per heavy atom. The van der Waals surface area contributed by atoms with Crippen LogP contribution in [-0.2, 0) is 4.74 Å². The number of halogens is 1. The van der Waals surface area contributed by atoms with Gasteiger partial charge < -0.3 is 27.4 Å². The Hall–Kier alpha value is -2.79. The standard InChI is InChI=1S/C21H23N3O2.ClH/c1-5-26-21(25)15-6-11-19-18(13-15)20(12-14(2)22-19)23-16-7-9-17(10-8-16)24(3)4;/h6-13H,5H2,1-4H3,(H,22,23);1H/p-1. The van der Waals surface area contributed by atoms with Gasteiger partial charge in [-0.15, -0.1) is 0 Å². The summed E-state index contributed by atoms with van der Waals surface area (Å²) in [4.78, 5) is 18.7. The second-order valence-electron chi connectivity index (χ2n) is 6.33. The third-order valence-electron chi connectivity index (χ3n) is 4.11. The Morgan fingerprint density at radius 1 is 1.11 bits per heavy atom. The molecule has 0 saturated carbocycles. The summed E-state index contributed by atoms with van der Waals surface area (Å²) in [5, 5.41) is 4.33. The molecule has 142 valence electrons. The van der Waals surface area contributed by atoms with E-state index in [1.807, 2.05) is 51.4 Å². The Labute approximate surface area is 165 Å². The van der Waals surface area contributed by atoms with Crippen molar-refractivity contribution in [3.05, 3.63) is 59.8 Å². The molecule has 0 bridgehead atoms. The maximum atomic E-state index is 12.1. The van der Waals surface area contributed by atoms with Crippen LogP contribution < -0.4 is 22.6 Å². The smallest absolute Gasteiger partial charge is 0.338 e. The molecule has 0 unspecified atom stereocenters. The number of pyridine rings is 1. The van der Waals surface area contributed by atoms with Gasteiger partial charge in [0.1, 0.15) is 0 Å². The Balaban J connectivity index is 0.00000261. The maximum Gasteiger partial charge on any atom is 0.338 e. The van der Waals surface area contributed by atoms with Gasteiger partial charge in [0.15, 0.2) is 0 Å². The molecule has 2 aromatic carbocycles. The third-order valence-corrected chi connectivity index (χ3v) is 4.11. The molecule has 0 saturated heterocycles. The number of aromatic nitrogens is 1. The molecular formula is C21H23ClN3O2-. The van der Waals surface area contributed by atoms with Crippen molar-refractivity contribution in [2.45, 2.75) is 13.8 Å². The molecule has 0 radical (unpaired) electrons. The van der Waals surface area contributed by atoms with Crippen LogP contribution in [0.25, 0.3) is 10.9 Å². The van der Waals surface area contributed by atoms with E-state index < -0.39 is 0 Å². The van der Waals surface area contributed by atoms with Gasteiger partial charge in [-0.1, -0.05) is 0 Å². The number of esters is 1. The Morgan fingerprint density at radius 3 is 2.44 bits per heavy atom. The summed E-state index contributed by atoms with van der Waals surface area (Å²) in [6, 6.07) is 15.6. The van der Waals surface area contributed by atoms with Gasteiger partial charge in [-0.25, -0.2) is 4.79 Å². The average Bonchev–Trinajstić information content (AvgIpc) is 2.62. The van der Waals surface area contributed by atoms with Crippen molar-refractivity contribution < 1.29 is 21.9 Å². The molecule has 0 aliphatic heterocycles. The zero-order valence-electron chi connectivity index (χ0n) is 15.9. The number of aryl methyl sites for hydroxylation is 1. The summed E-state index contributed by atoms with van der Waals surface area (Å²) in [6.45, 7) is 4.11. The fourth-order valence-corrected chi connectivity index (χ4v) is 2.80. The van der Waals surface area contributed by atoms with Crippen molar-refractivity contribution in [3.63, 3.8) is 0 Å². The minimum absolute atomic E-state index is 0. The van der Waals surface area contributed by atoms with Crippen LogP contribution in [0.3, 0.4) is 0 Å². The molecule has 5 nitrogen and oxygen atoms in total. The highest BCUT2D eigenvalue weighted by molar-refractivity contribution is 5.99. The molecule has 27 heavy (non-hydrogen) atoms. The molecule has 0 amide bonds. The number of carbonyl (C=O) groups excluding carboxylic acids is 1. The van der Waals surface area contributed by atoms with E-state index >= 15 is 0 Å². The van der Waals surface area contributed by atoms with Crippen LogP contribution in [0.5, 0.6) is 0 Å². The first kappa shape index (κ1) is 20.5. The third kappa shape index (κ3) is 4.68. The monoisotopic (exact) mass is 384 g/mol. The zero-order chi connectivity index (χ0) is 18.7. The fourth-order valence-electron chi connectivity index (χ4n) is 2.80. The molecule has 1 aromatic heterocycles. The highest BCUT2D eigenvalue weighted by atomic mass is 35.5. The molecule has 0 aliphatic rings. The molecule has 3 rings (SSSR count). The number of anilines is 3. The molecule has 0 spiro atoms. The van der Waals surface area contributed by atoms with E-state index in [2.05, 4.69) is 27.3 Å². The van der Waals surface area contributed by atoms with Gasteiger partial charge in [-0.2, -0.15) is 0 Å². The number of ether oxygens (including phenoxy) is 1. The number of hydrogen-bond acceptors (Lipinski definition) is 5. The predicted octanol–water partition coefficient (Wildman–Crippen LogP) is 1.53. The average molecular weight is 385 g/mol. The molecule has 3 aromatic rings. The SMILES string of the molecule is CCOC(=O)c1ccc2nc(C)cc(Nc3ccc(N(C)C)cc3)c2c1.[Cl-]. The number of nitrogens with one attached hydrogen (secondary N) is 1. The van der Waals surface area contributed by atoms with E-state index in [1.165, 1.54) is 0 Å². The van der Waals surface area contributed by atoms with Crippen molar-refractivity contribution in [1.82, 2.24) is 4.98 Å². The summed E-state index contributed by atoms with van der Waals surface area (Å²) < 4.78 is 5.11. The van der Waals surface area contributed by atoms with Crippen molar-refractivity contribution in [1.29, 1.82) is 0 Å². The molecule has 0 fully saturated rings. The molecule has 0 aliphatic carbocycles. The van der Waals surface area contributed by atoms with Gasteiger partial charge in [0.2, 0.25) is 0 Å². The fraction of sp³-hybridized carbons (Fsp3) is 0.238. The van der Waals surface area contributed by atoms with Gasteiger partial charge >= 0.3 is 5.97 Å². The lowest BCUT2D eigenvalue weighted by atomic mass is 10.1. The van der Waals surface area contributed by atoms with Crippen LogP contribution in [0.1, 0.15) is 23.0 Å². The number of benzene rings is 2. The molecular weight excluding hydrogens is 362 g/mol. The Bertz CT molecular complexity index is 940. The van der Waals surface area contributed by atoms with Gasteiger partial charge in [0.25, 0.3) is 0 Å². The van der Waals surface area contributed by atoms with Crippen molar-refractivity contribution >= 4 is 33.9 Å². The summed E-state index contributed by atoms with van der Waals surface area (Å²) in [7, 11) is 4.03. The van der Waals surface area contributed by atoms with E-state index in [0.717, 1.165) is 33.7 Å². The van der Waals surface area contributed by atoms with Gasteiger partial charge in [0.05, 0.1) is 17.7 Å². The van der Waals surface area contributed by atoms with Gasteiger partial charge in [-0.05, 0) is 62.4 Å². The van der Waals surface area contributed by atoms with Crippen molar-refractivity contribution in [2.24, 2.45) is 0 Å². The van der Waals surface area contributed by atoms with Gasteiger partial charge in [0, 0.05) is 42.2 Å². The normalized spacial score (nSPS) is 10.2. The van der Waals surface area contributed by atoms with Crippen LogP contribution in [-0.4, -0.2) is 31.7 Å². The van der Waals surface area contributed by atoms with Crippen LogP contribution in [0.15, 0.2) is 48.5 Å². The lowest BCUT2D eigenvalue weighted by molar-refractivity contribution is -0.0000234. The van der Waals surface area contributed by atoms with E-state index in [9.17, 15) is 4.79 Å². The van der Waals surface area contributed by atoms with Crippen LogP contribution >= 0.6 is 0 Å². The maximum absolute atomic E-state index is 12.1. The minimum atomic E-state index is -0.323. The van der Waals surface area contributed by atoms with Crippen LogP contribution in [0, 0.1) is 6.92 Å². The molecule has 0 atom stereocenters. The number of carbonyl (C=O) groups is 1.